The van der Waals surface area contributed by atoms with Crippen molar-refractivity contribution in [1.29, 1.82) is 0 Å². The van der Waals surface area contributed by atoms with Crippen molar-refractivity contribution in [2.75, 3.05) is 24.5 Å². The molecular formula is C15H20N4O. The topological polar surface area (TPSA) is 58.1 Å². The third-order valence-corrected chi connectivity index (χ3v) is 4.60. The lowest BCUT2D eigenvalue weighted by molar-refractivity contribution is -0.122. The maximum absolute atomic E-state index is 11.6. The maximum Gasteiger partial charge on any atom is 0.223 e. The summed E-state index contributed by atoms with van der Waals surface area (Å²) in [6, 6.07) is 2.20. The van der Waals surface area contributed by atoms with Crippen LogP contribution < -0.4 is 10.2 Å². The van der Waals surface area contributed by atoms with Crippen LogP contribution in [-0.4, -0.2) is 35.7 Å². The van der Waals surface area contributed by atoms with Crippen molar-refractivity contribution in [3.05, 3.63) is 17.3 Å². The molecule has 0 aromatic carbocycles. The molecule has 0 atom stereocenters. The van der Waals surface area contributed by atoms with Crippen molar-refractivity contribution in [1.82, 2.24) is 15.5 Å². The Bertz CT molecular complexity index is 535. The number of hydrogen-bond donors (Lipinski definition) is 1. The summed E-state index contributed by atoms with van der Waals surface area (Å²) in [5.74, 6) is 2.14. The predicted octanol–water partition coefficient (Wildman–Crippen LogP) is 0.928. The van der Waals surface area contributed by atoms with E-state index in [0.29, 0.717) is 11.8 Å². The van der Waals surface area contributed by atoms with Crippen LogP contribution in [0, 0.1) is 11.8 Å². The highest BCUT2D eigenvalue weighted by Crippen LogP contribution is 2.29. The average Bonchev–Trinajstić information content (AvgIpc) is 3.15. The number of carbonyl (C=O) groups excluding carboxylic acids is 1. The largest absolute Gasteiger partial charge is 0.355 e. The Morgan fingerprint density at radius 2 is 2.15 bits per heavy atom. The van der Waals surface area contributed by atoms with E-state index in [4.69, 9.17) is 0 Å². The molecule has 1 N–H and O–H groups in total. The van der Waals surface area contributed by atoms with Gasteiger partial charge in [0.15, 0.2) is 5.82 Å². The molecule has 2 fully saturated rings. The Morgan fingerprint density at radius 3 is 2.95 bits per heavy atom. The standard InChI is InChI=1S/C15H20N4O/c20-15(11-4-5-11)16-7-10-8-19(9-10)14-6-12-2-1-3-13(12)17-18-14/h6,10-11H,1-5,7-9H2,(H,16,20). The first kappa shape index (κ1) is 12.1. The minimum absolute atomic E-state index is 0.251. The van der Waals surface area contributed by atoms with Gasteiger partial charge < -0.3 is 10.2 Å². The zero-order valence-corrected chi connectivity index (χ0v) is 11.6. The number of carbonyl (C=O) groups is 1. The van der Waals surface area contributed by atoms with Crippen LogP contribution in [0.4, 0.5) is 5.82 Å². The second-order valence-electron chi connectivity index (χ2n) is 6.32. The quantitative estimate of drug-likeness (QED) is 0.886. The summed E-state index contributed by atoms with van der Waals surface area (Å²) in [5.41, 5.74) is 2.56. The Labute approximate surface area is 118 Å². The zero-order valence-electron chi connectivity index (χ0n) is 11.6. The van der Waals surface area contributed by atoms with Gasteiger partial charge in [0.1, 0.15) is 0 Å². The Balaban J connectivity index is 1.29. The van der Waals surface area contributed by atoms with E-state index >= 15 is 0 Å². The number of hydrogen-bond acceptors (Lipinski definition) is 4. The fraction of sp³-hybridized carbons (Fsp3) is 0.667. The van der Waals surface area contributed by atoms with Gasteiger partial charge in [0.05, 0.1) is 5.69 Å². The molecule has 0 bridgehead atoms. The summed E-state index contributed by atoms with van der Waals surface area (Å²) >= 11 is 0. The number of nitrogens with one attached hydrogen (secondary N) is 1. The maximum atomic E-state index is 11.6. The molecule has 0 unspecified atom stereocenters. The number of aryl methyl sites for hydroxylation is 2. The fourth-order valence-corrected chi connectivity index (χ4v) is 3.09. The van der Waals surface area contributed by atoms with E-state index in [9.17, 15) is 4.79 Å². The molecule has 1 aromatic rings. The van der Waals surface area contributed by atoms with Gasteiger partial charge in [-0.2, -0.15) is 5.10 Å². The van der Waals surface area contributed by atoms with Gasteiger partial charge in [-0.3, -0.25) is 4.79 Å². The average molecular weight is 272 g/mol. The molecule has 1 saturated carbocycles. The van der Waals surface area contributed by atoms with E-state index in [1.165, 1.54) is 17.7 Å². The highest BCUT2D eigenvalue weighted by Gasteiger charge is 2.32. The lowest BCUT2D eigenvalue weighted by Gasteiger charge is -2.40. The van der Waals surface area contributed by atoms with Crippen LogP contribution in [0.15, 0.2) is 6.07 Å². The summed E-state index contributed by atoms with van der Waals surface area (Å²) in [4.78, 5) is 13.8. The molecule has 2 heterocycles. The third-order valence-electron chi connectivity index (χ3n) is 4.60. The Morgan fingerprint density at radius 1 is 1.30 bits per heavy atom. The summed E-state index contributed by atoms with van der Waals surface area (Å²) in [6.07, 6.45) is 5.59. The molecule has 0 radical (unpaired) electrons. The molecule has 1 saturated heterocycles. The number of anilines is 1. The lowest BCUT2D eigenvalue weighted by atomic mass is 10.00. The van der Waals surface area contributed by atoms with Crippen LogP contribution in [0.25, 0.3) is 0 Å². The number of aromatic nitrogens is 2. The molecule has 4 rings (SSSR count). The molecule has 5 nitrogen and oxygen atoms in total. The van der Waals surface area contributed by atoms with E-state index in [1.807, 2.05) is 0 Å². The van der Waals surface area contributed by atoms with Crippen molar-refractivity contribution >= 4 is 11.7 Å². The Kier molecular flexibility index (Phi) is 2.86. The van der Waals surface area contributed by atoms with Gasteiger partial charge in [-0.15, -0.1) is 5.10 Å². The van der Waals surface area contributed by atoms with E-state index in [1.54, 1.807) is 0 Å². The van der Waals surface area contributed by atoms with Crippen molar-refractivity contribution in [3.8, 4) is 0 Å². The fourth-order valence-electron chi connectivity index (χ4n) is 3.09. The second-order valence-corrected chi connectivity index (χ2v) is 6.32. The third kappa shape index (κ3) is 2.25. The normalized spacial score (nSPS) is 21.5. The number of nitrogens with zero attached hydrogens (tertiary/aromatic N) is 3. The number of rotatable bonds is 4. The predicted molar refractivity (Wildman–Crippen MR) is 75.5 cm³/mol. The monoisotopic (exact) mass is 272 g/mol. The highest BCUT2D eigenvalue weighted by molar-refractivity contribution is 5.80. The summed E-state index contributed by atoms with van der Waals surface area (Å²) < 4.78 is 0. The second kappa shape index (κ2) is 4.72. The molecule has 1 aliphatic heterocycles. The van der Waals surface area contributed by atoms with Crippen LogP contribution >= 0.6 is 0 Å². The zero-order chi connectivity index (χ0) is 13.5. The van der Waals surface area contributed by atoms with Crippen LogP contribution in [0.5, 0.6) is 0 Å². The first-order chi connectivity index (χ1) is 9.79. The van der Waals surface area contributed by atoms with E-state index in [2.05, 4.69) is 26.5 Å². The molecule has 0 spiro atoms. The van der Waals surface area contributed by atoms with E-state index in [-0.39, 0.29) is 5.91 Å². The summed E-state index contributed by atoms with van der Waals surface area (Å²) in [7, 11) is 0. The molecule has 5 heteroatoms. The highest BCUT2D eigenvalue weighted by atomic mass is 16.2. The van der Waals surface area contributed by atoms with Crippen molar-refractivity contribution in [2.24, 2.45) is 11.8 Å². The molecule has 2 aliphatic carbocycles. The first-order valence-corrected chi connectivity index (χ1v) is 7.68. The molecule has 1 aromatic heterocycles. The van der Waals surface area contributed by atoms with Gasteiger partial charge in [0.2, 0.25) is 5.91 Å². The van der Waals surface area contributed by atoms with Crippen molar-refractivity contribution < 1.29 is 4.79 Å². The van der Waals surface area contributed by atoms with Gasteiger partial charge in [0.25, 0.3) is 0 Å². The minimum Gasteiger partial charge on any atom is -0.355 e. The van der Waals surface area contributed by atoms with Crippen LogP contribution in [0.3, 0.4) is 0 Å². The first-order valence-electron chi connectivity index (χ1n) is 7.68. The SMILES string of the molecule is O=C(NCC1CN(c2cc3c(nn2)CCC3)C1)C1CC1. The summed E-state index contributed by atoms with van der Waals surface area (Å²) in [5, 5.41) is 11.7. The smallest absolute Gasteiger partial charge is 0.223 e. The van der Waals surface area contributed by atoms with Gasteiger partial charge in [-0.05, 0) is 43.7 Å². The minimum atomic E-state index is 0.251. The van der Waals surface area contributed by atoms with E-state index < -0.39 is 0 Å². The molecule has 1 amide bonds. The van der Waals surface area contributed by atoms with Gasteiger partial charge in [-0.25, -0.2) is 0 Å². The lowest BCUT2D eigenvalue weighted by Crippen LogP contribution is -2.52. The summed E-state index contributed by atoms with van der Waals surface area (Å²) in [6.45, 7) is 2.78. The number of fused-ring (bicyclic) bond motifs is 1. The van der Waals surface area contributed by atoms with Crippen LogP contribution in [0.1, 0.15) is 30.5 Å². The van der Waals surface area contributed by atoms with Crippen molar-refractivity contribution in [3.63, 3.8) is 0 Å². The van der Waals surface area contributed by atoms with E-state index in [0.717, 1.165) is 51.1 Å². The molecule has 20 heavy (non-hydrogen) atoms. The van der Waals surface area contributed by atoms with Crippen LogP contribution in [-0.2, 0) is 17.6 Å². The molecule has 106 valence electrons. The van der Waals surface area contributed by atoms with Gasteiger partial charge in [0, 0.05) is 31.5 Å². The van der Waals surface area contributed by atoms with Gasteiger partial charge >= 0.3 is 0 Å². The molecule has 3 aliphatic rings. The molecular weight excluding hydrogens is 252 g/mol. The Hall–Kier alpha value is -1.65. The van der Waals surface area contributed by atoms with Crippen LogP contribution in [0.2, 0.25) is 0 Å². The van der Waals surface area contributed by atoms with Gasteiger partial charge in [-0.1, -0.05) is 0 Å². The number of amides is 1. The van der Waals surface area contributed by atoms with Crippen molar-refractivity contribution in [2.45, 2.75) is 32.1 Å².